The highest BCUT2D eigenvalue weighted by Crippen LogP contribution is 2.23. The van der Waals surface area contributed by atoms with Gasteiger partial charge in [-0.25, -0.2) is 0 Å². The van der Waals surface area contributed by atoms with E-state index in [1.165, 1.54) is 11.1 Å². The average Bonchev–Trinajstić information content (AvgIpc) is 3.09. The Balaban J connectivity index is 1.31. The standard InChI is InChI=1S/C23H25BrClN5S/c1-17-5-4-6-18(13-17)14-28-9-11-29(12-10-28)23(31)26-22-20(24)16-30(27-22)15-19-7-2-3-8-21(19)25/h2-8,13,16H,9-12,14-15H2,1H3,(H,26,27,31). The van der Waals surface area contributed by atoms with Crippen LogP contribution < -0.4 is 5.32 Å². The molecule has 1 fully saturated rings. The molecule has 3 aromatic rings. The van der Waals surface area contributed by atoms with Crippen molar-refractivity contribution in [2.75, 3.05) is 31.5 Å². The molecule has 1 saturated heterocycles. The van der Waals surface area contributed by atoms with E-state index in [9.17, 15) is 0 Å². The zero-order valence-electron chi connectivity index (χ0n) is 17.4. The third-order valence-corrected chi connectivity index (χ3v) is 6.69. The summed E-state index contributed by atoms with van der Waals surface area (Å²) >= 11 is 15.5. The van der Waals surface area contributed by atoms with Crippen LogP contribution in [0.2, 0.25) is 5.02 Å². The molecule has 0 saturated carbocycles. The van der Waals surface area contributed by atoms with Crippen LogP contribution in [-0.2, 0) is 13.1 Å². The van der Waals surface area contributed by atoms with Crippen molar-refractivity contribution in [3.05, 3.63) is 80.9 Å². The zero-order chi connectivity index (χ0) is 21.8. The Morgan fingerprint density at radius 2 is 1.87 bits per heavy atom. The first kappa shape index (κ1) is 22.3. The van der Waals surface area contributed by atoms with E-state index in [1.54, 1.807) is 0 Å². The number of anilines is 1. The molecule has 162 valence electrons. The Hall–Kier alpha value is -1.93. The minimum atomic E-state index is 0.602. The van der Waals surface area contributed by atoms with Crippen LogP contribution in [0.5, 0.6) is 0 Å². The summed E-state index contributed by atoms with van der Waals surface area (Å²) in [4.78, 5) is 4.68. The first-order valence-electron chi connectivity index (χ1n) is 10.3. The fraction of sp³-hybridized carbons (Fsp3) is 0.304. The van der Waals surface area contributed by atoms with Gasteiger partial charge in [0.25, 0.3) is 0 Å². The Morgan fingerprint density at radius 1 is 1.10 bits per heavy atom. The predicted octanol–water partition coefficient (Wildman–Crippen LogP) is 5.17. The molecule has 1 aliphatic rings. The average molecular weight is 519 g/mol. The second kappa shape index (κ2) is 10.1. The maximum Gasteiger partial charge on any atom is 0.174 e. The smallest absolute Gasteiger partial charge is 0.174 e. The molecule has 31 heavy (non-hydrogen) atoms. The second-order valence-corrected chi connectivity index (χ2v) is 9.45. The summed E-state index contributed by atoms with van der Waals surface area (Å²) in [6.45, 7) is 7.48. The second-order valence-electron chi connectivity index (χ2n) is 7.80. The van der Waals surface area contributed by atoms with Crippen LogP contribution in [0.1, 0.15) is 16.7 Å². The summed E-state index contributed by atoms with van der Waals surface area (Å²) in [5.74, 6) is 0.722. The number of piperazine rings is 1. The number of aromatic nitrogens is 2. The van der Waals surface area contributed by atoms with Gasteiger partial charge in [0.1, 0.15) is 0 Å². The molecular weight excluding hydrogens is 494 g/mol. The van der Waals surface area contributed by atoms with Crippen LogP contribution in [0.15, 0.2) is 59.2 Å². The van der Waals surface area contributed by atoms with Crippen molar-refractivity contribution in [2.24, 2.45) is 0 Å². The third kappa shape index (κ3) is 5.86. The largest absolute Gasteiger partial charge is 0.346 e. The summed E-state index contributed by atoms with van der Waals surface area (Å²) in [7, 11) is 0. The van der Waals surface area contributed by atoms with Gasteiger partial charge in [-0.05, 0) is 52.3 Å². The van der Waals surface area contributed by atoms with Crippen molar-refractivity contribution in [3.8, 4) is 0 Å². The van der Waals surface area contributed by atoms with Gasteiger partial charge in [0.2, 0.25) is 0 Å². The van der Waals surface area contributed by atoms with Gasteiger partial charge in [-0.2, -0.15) is 5.10 Å². The topological polar surface area (TPSA) is 36.3 Å². The van der Waals surface area contributed by atoms with Crippen molar-refractivity contribution >= 4 is 50.7 Å². The van der Waals surface area contributed by atoms with Crippen LogP contribution in [0.4, 0.5) is 5.82 Å². The predicted molar refractivity (Wildman–Crippen MR) is 135 cm³/mol. The van der Waals surface area contributed by atoms with E-state index in [0.717, 1.165) is 53.6 Å². The van der Waals surface area contributed by atoms with E-state index in [1.807, 2.05) is 35.1 Å². The van der Waals surface area contributed by atoms with Crippen LogP contribution in [0, 0.1) is 6.92 Å². The van der Waals surface area contributed by atoms with Crippen molar-refractivity contribution in [2.45, 2.75) is 20.0 Å². The van der Waals surface area contributed by atoms with E-state index in [0.29, 0.717) is 11.7 Å². The SMILES string of the molecule is Cc1cccc(CN2CCN(C(=S)Nc3nn(Cc4ccccc4Cl)cc3Br)CC2)c1. The number of aryl methyl sites for hydroxylation is 1. The first-order valence-corrected chi connectivity index (χ1v) is 11.9. The van der Waals surface area contributed by atoms with Gasteiger partial charge in [0, 0.05) is 43.9 Å². The maximum absolute atomic E-state index is 6.28. The molecule has 0 radical (unpaired) electrons. The molecule has 0 amide bonds. The van der Waals surface area contributed by atoms with E-state index >= 15 is 0 Å². The van der Waals surface area contributed by atoms with Crippen molar-refractivity contribution < 1.29 is 0 Å². The summed E-state index contributed by atoms with van der Waals surface area (Å²) in [6.07, 6.45) is 1.94. The molecule has 0 spiro atoms. The van der Waals surface area contributed by atoms with Gasteiger partial charge in [-0.1, -0.05) is 59.6 Å². The molecule has 1 aliphatic heterocycles. The van der Waals surface area contributed by atoms with Gasteiger partial charge in [-0.15, -0.1) is 0 Å². The summed E-state index contributed by atoms with van der Waals surface area (Å²) in [5.41, 5.74) is 3.70. The lowest BCUT2D eigenvalue weighted by atomic mass is 10.1. The lowest BCUT2D eigenvalue weighted by Gasteiger charge is -2.36. The van der Waals surface area contributed by atoms with Crippen molar-refractivity contribution in [3.63, 3.8) is 0 Å². The fourth-order valence-corrected chi connectivity index (χ4v) is 4.61. The molecular formula is C23H25BrClN5S. The Kier molecular flexibility index (Phi) is 7.27. The van der Waals surface area contributed by atoms with Gasteiger partial charge in [0.05, 0.1) is 11.0 Å². The van der Waals surface area contributed by atoms with Crippen LogP contribution in [-0.4, -0.2) is 50.9 Å². The summed E-state index contributed by atoms with van der Waals surface area (Å²) in [6, 6.07) is 16.5. The van der Waals surface area contributed by atoms with E-state index < -0.39 is 0 Å². The number of benzene rings is 2. The molecule has 0 atom stereocenters. The molecule has 5 nitrogen and oxygen atoms in total. The van der Waals surface area contributed by atoms with Gasteiger partial charge < -0.3 is 10.2 Å². The minimum Gasteiger partial charge on any atom is -0.346 e. The van der Waals surface area contributed by atoms with Crippen molar-refractivity contribution in [1.29, 1.82) is 0 Å². The number of thiocarbonyl (C=S) groups is 1. The number of halogens is 2. The highest BCUT2D eigenvalue weighted by Gasteiger charge is 2.20. The molecule has 0 unspecified atom stereocenters. The number of nitrogens with one attached hydrogen (secondary N) is 1. The maximum atomic E-state index is 6.28. The number of hydrogen-bond acceptors (Lipinski definition) is 3. The monoisotopic (exact) mass is 517 g/mol. The molecule has 8 heteroatoms. The minimum absolute atomic E-state index is 0.602. The third-order valence-electron chi connectivity index (χ3n) is 5.38. The fourth-order valence-electron chi connectivity index (χ4n) is 3.72. The highest BCUT2D eigenvalue weighted by atomic mass is 79.9. The molecule has 0 bridgehead atoms. The quantitative estimate of drug-likeness (QED) is 0.472. The van der Waals surface area contributed by atoms with Crippen LogP contribution in [0.25, 0.3) is 0 Å². The van der Waals surface area contributed by atoms with Gasteiger partial charge in [-0.3, -0.25) is 9.58 Å². The first-order chi connectivity index (χ1) is 15.0. The number of hydrogen-bond donors (Lipinski definition) is 1. The Labute approximate surface area is 202 Å². The highest BCUT2D eigenvalue weighted by molar-refractivity contribution is 9.10. The Bertz CT molecular complexity index is 1060. The Morgan fingerprint density at radius 3 is 2.61 bits per heavy atom. The number of rotatable bonds is 5. The van der Waals surface area contributed by atoms with Gasteiger partial charge >= 0.3 is 0 Å². The summed E-state index contributed by atoms with van der Waals surface area (Å²) < 4.78 is 2.73. The normalized spacial score (nSPS) is 14.6. The molecule has 1 aromatic heterocycles. The number of nitrogens with zero attached hydrogens (tertiary/aromatic N) is 4. The molecule has 4 rings (SSSR count). The molecule has 1 N–H and O–H groups in total. The van der Waals surface area contributed by atoms with Gasteiger partial charge in [0.15, 0.2) is 10.9 Å². The van der Waals surface area contributed by atoms with E-state index in [2.05, 4.69) is 67.3 Å². The lowest BCUT2D eigenvalue weighted by Crippen LogP contribution is -2.49. The van der Waals surface area contributed by atoms with E-state index in [4.69, 9.17) is 23.8 Å². The van der Waals surface area contributed by atoms with Crippen LogP contribution >= 0.6 is 39.7 Å². The van der Waals surface area contributed by atoms with E-state index in [-0.39, 0.29) is 0 Å². The van der Waals surface area contributed by atoms with Crippen LogP contribution in [0.3, 0.4) is 0 Å². The molecule has 2 aromatic carbocycles. The lowest BCUT2D eigenvalue weighted by molar-refractivity contribution is 0.177. The molecule has 2 heterocycles. The summed E-state index contributed by atoms with van der Waals surface area (Å²) in [5, 5.41) is 9.38. The van der Waals surface area contributed by atoms with Crippen molar-refractivity contribution in [1.82, 2.24) is 19.6 Å². The zero-order valence-corrected chi connectivity index (χ0v) is 20.6. The molecule has 0 aliphatic carbocycles.